The minimum absolute atomic E-state index is 0.200. The van der Waals surface area contributed by atoms with Crippen LogP contribution >= 0.6 is 0 Å². The number of benzene rings is 1. The van der Waals surface area contributed by atoms with Gasteiger partial charge in [-0.05, 0) is 36.6 Å². The summed E-state index contributed by atoms with van der Waals surface area (Å²) in [6.07, 6.45) is 1.12. The molecule has 0 fully saturated rings. The summed E-state index contributed by atoms with van der Waals surface area (Å²) in [7, 11) is 0. The highest BCUT2D eigenvalue weighted by Gasteiger charge is 2.15. The van der Waals surface area contributed by atoms with Gasteiger partial charge in [0.15, 0.2) is 0 Å². The highest BCUT2D eigenvalue weighted by Crippen LogP contribution is 2.23. The van der Waals surface area contributed by atoms with Crippen LogP contribution in [0.5, 0.6) is 0 Å². The Morgan fingerprint density at radius 2 is 2.38 bits per heavy atom. The molecule has 0 aliphatic carbocycles. The third-order valence-corrected chi connectivity index (χ3v) is 3.14. The van der Waals surface area contributed by atoms with E-state index in [0.29, 0.717) is 12.6 Å². The number of hydrogen-bond acceptors (Lipinski definition) is 3. The summed E-state index contributed by atoms with van der Waals surface area (Å²) in [6.45, 7) is 4.99. The lowest BCUT2D eigenvalue weighted by molar-refractivity contribution is 0.292. The van der Waals surface area contributed by atoms with E-state index >= 15 is 0 Å². The summed E-state index contributed by atoms with van der Waals surface area (Å²) in [6, 6.07) is 7.16. The molecule has 3 nitrogen and oxygen atoms in total. The highest BCUT2D eigenvalue weighted by molar-refractivity contribution is 5.35. The predicted molar refractivity (Wildman–Crippen MR) is 65.4 cm³/mol. The van der Waals surface area contributed by atoms with Crippen molar-refractivity contribution in [3.05, 3.63) is 34.9 Å². The van der Waals surface area contributed by atoms with Crippen LogP contribution in [-0.2, 0) is 13.0 Å². The van der Waals surface area contributed by atoms with Gasteiger partial charge in [-0.3, -0.25) is 0 Å². The summed E-state index contributed by atoms with van der Waals surface area (Å²) in [5.74, 6) is 0. The van der Waals surface area contributed by atoms with Gasteiger partial charge in [0.2, 0.25) is 0 Å². The third-order valence-electron chi connectivity index (χ3n) is 3.14. The fourth-order valence-corrected chi connectivity index (χ4v) is 2.25. The normalized spacial score (nSPS) is 19.5. The summed E-state index contributed by atoms with van der Waals surface area (Å²) in [4.78, 5) is 0. The number of rotatable bonds is 4. The molecule has 3 N–H and O–H groups in total. The Kier molecular flexibility index (Phi) is 3.93. The Labute approximate surface area is 96.9 Å². The molecule has 1 aliphatic rings. The van der Waals surface area contributed by atoms with Crippen LogP contribution in [0, 0.1) is 0 Å². The lowest BCUT2D eigenvalue weighted by Gasteiger charge is -2.24. The lowest BCUT2D eigenvalue weighted by Crippen LogP contribution is -2.28. The van der Waals surface area contributed by atoms with E-state index in [0.717, 1.165) is 19.5 Å². The Balaban J connectivity index is 2.06. The standard InChI is InChI=1S/C13H20N2O/c1-10-13-3-2-11(9-14-6-7-16)8-12(13)4-5-15-10/h2-3,8,10,14-16H,4-7,9H2,1H3. The molecule has 0 amide bonds. The predicted octanol–water partition coefficient (Wildman–Crippen LogP) is 0.975. The van der Waals surface area contributed by atoms with E-state index in [9.17, 15) is 0 Å². The van der Waals surface area contributed by atoms with Crippen LogP contribution in [-0.4, -0.2) is 24.8 Å². The fraction of sp³-hybridized carbons (Fsp3) is 0.538. The zero-order valence-electron chi connectivity index (χ0n) is 9.79. The molecule has 0 aromatic heterocycles. The van der Waals surface area contributed by atoms with Gasteiger partial charge in [-0.15, -0.1) is 0 Å². The van der Waals surface area contributed by atoms with Gasteiger partial charge in [0, 0.05) is 19.1 Å². The molecule has 88 valence electrons. The van der Waals surface area contributed by atoms with E-state index in [-0.39, 0.29) is 6.61 Å². The number of hydrogen-bond donors (Lipinski definition) is 3. The van der Waals surface area contributed by atoms with Gasteiger partial charge in [-0.25, -0.2) is 0 Å². The molecule has 2 rings (SSSR count). The van der Waals surface area contributed by atoms with Crippen LogP contribution in [0.15, 0.2) is 18.2 Å². The number of aliphatic hydroxyl groups excluding tert-OH is 1. The van der Waals surface area contributed by atoms with Gasteiger partial charge in [0.05, 0.1) is 6.61 Å². The second-order valence-corrected chi connectivity index (χ2v) is 4.36. The van der Waals surface area contributed by atoms with Gasteiger partial charge in [-0.2, -0.15) is 0 Å². The Bertz CT molecular complexity index is 352. The second kappa shape index (κ2) is 5.43. The van der Waals surface area contributed by atoms with Crippen LogP contribution in [0.1, 0.15) is 29.7 Å². The molecule has 16 heavy (non-hydrogen) atoms. The van der Waals surface area contributed by atoms with Crippen LogP contribution < -0.4 is 10.6 Å². The Hall–Kier alpha value is -0.900. The van der Waals surface area contributed by atoms with Gasteiger partial charge in [-0.1, -0.05) is 18.2 Å². The van der Waals surface area contributed by atoms with Crippen molar-refractivity contribution in [3.63, 3.8) is 0 Å². The smallest absolute Gasteiger partial charge is 0.0556 e. The molecule has 1 aromatic rings. The third kappa shape index (κ3) is 2.61. The maximum Gasteiger partial charge on any atom is 0.0556 e. The van der Waals surface area contributed by atoms with Crippen LogP contribution in [0.2, 0.25) is 0 Å². The summed E-state index contributed by atoms with van der Waals surface area (Å²) in [5.41, 5.74) is 4.20. The van der Waals surface area contributed by atoms with Crippen LogP contribution in [0.3, 0.4) is 0 Å². The Morgan fingerprint density at radius 3 is 3.19 bits per heavy atom. The first kappa shape index (κ1) is 11.6. The molecule has 1 aliphatic heterocycles. The van der Waals surface area contributed by atoms with Crippen molar-refractivity contribution in [2.75, 3.05) is 19.7 Å². The molecular formula is C13H20N2O. The van der Waals surface area contributed by atoms with Crippen LogP contribution in [0.25, 0.3) is 0 Å². The van der Waals surface area contributed by atoms with Crippen molar-refractivity contribution in [3.8, 4) is 0 Å². The van der Waals surface area contributed by atoms with Crippen molar-refractivity contribution in [1.29, 1.82) is 0 Å². The average Bonchev–Trinajstić information content (AvgIpc) is 2.30. The van der Waals surface area contributed by atoms with Crippen molar-refractivity contribution in [2.45, 2.75) is 25.9 Å². The highest BCUT2D eigenvalue weighted by atomic mass is 16.3. The molecular weight excluding hydrogens is 200 g/mol. The topological polar surface area (TPSA) is 44.3 Å². The number of fused-ring (bicyclic) bond motifs is 1. The largest absolute Gasteiger partial charge is 0.395 e. The molecule has 0 bridgehead atoms. The lowest BCUT2D eigenvalue weighted by atomic mass is 9.93. The Morgan fingerprint density at radius 1 is 1.50 bits per heavy atom. The zero-order chi connectivity index (χ0) is 11.4. The second-order valence-electron chi connectivity index (χ2n) is 4.36. The number of nitrogens with one attached hydrogen (secondary N) is 2. The number of aliphatic hydroxyl groups is 1. The molecule has 0 radical (unpaired) electrons. The van der Waals surface area contributed by atoms with Gasteiger partial charge >= 0.3 is 0 Å². The van der Waals surface area contributed by atoms with E-state index in [1.165, 1.54) is 16.7 Å². The van der Waals surface area contributed by atoms with Crippen molar-refractivity contribution >= 4 is 0 Å². The minimum atomic E-state index is 0.200. The molecule has 0 saturated heterocycles. The maximum atomic E-state index is 8.70. The quantitative estimate of drug-likeness (QED) is 0.663. The van der Waals surface area contributed by atoms with Crippen LogP contribution in [0.4, 0.5) is 0 Å². The molecule has 0 saturated carbocycles. The first-order chi connectivity index (χ1) is 7.81. The summed E-state index contributed by atoms with van der Waals surface area (Å²) >= 11 is 0. The molecule has 1 unspecified atom stereocenters. The van der Waals surface area contributed by atoms with Crippen molar-refractivity contribution < 1.29 is 5.11 Å². The summed E-state index contributed by atoms with van der Waals surface area (Å²) < 4.78 is 0. The van der Waals surface area contributed by atoms with E-state index in [1.807, 2.05) is 0 Å². The van der Waals surface area contributed by atoms with E-state index in [4.69, 9.17) is 5.11 Å². The van der Waals surface area contributed by atoms with Crippen molar-refractivity contribution in [2.24, 2.45) is 0 Å². The zero-order valence-corrected chi connectivity index (χ0v) is 9.79. The van der Waals surface area contributed by atoms with Gasteiger partial charge in [0.25, 0.3) is 0 Å². The van der Waals surface area contributed by atoms with Crippen molar-refractivity contribution in [1.82, 2.24) is 10.6 Å². The molecule has 1 aromatic carbocycles. The van der Waals surface area contributed by atoms with Gasteiger partial charge in [0.1, 0.15) is 0 Å². The minimum Gasteiger partial charge on any atom is -0.395 e. The molecule has 1 heterocycles. The first-order valence-electron chi connectivity index (χ1n) is 5.98. The van der Waals surface area contributed by atoms with E-state index < -0.39 is 0 Å². The molecule has 3 heteroatoms. The molecule has 1 atom stereocenters. The van der Waals surface area contributed by atoms with E-state index in [1.54, 1.807) is 0 Å². The first-order valence-corrected chi connectivity index (χ1v) is 5.98. The fourth-order valence-electron chi connectivity index (χ4n) is 2.25. The maximum absolute atomic E-state index is 8.70. The summed E-state index contributed by atoms with van der Waals surface area (Å²) in [5, 5.41) is 15.4. The SMILES string of the molecule is CC1NCCc2cc(CNCCO)ccc21. The van der Waals surface area contributed by atoms with E-state index in [2.05, 4.69) is 35.8 Å². The average molecular weight is 220 g/mol. The monoisotopic (exact) mass is 220 g/mol. The molecule has 0 spiro atoms. The van der Waals surface area contributed by atoms with Gasteiger partial charge < -0.3 is 15.7 Å².